The predicted molar refractivity (Wildman–Crippen MR) is 71.5 cm³/mol. The summed E-state index contributed by atoms with van der Waals surface area (Å²) < 4.78 is 0. The molecule has 0 saturated heterocycles. The third-order valence-electron chi connectivity index (χ3n) is 3.40. The zero-order valence-electron chi connectivity index (χ0n) is 10.3. The number of aromatic nitrogens is 1. The summed E-state index contributed by atoms with van der Waals surface area (Å²) in [6.45, 7) is 1.96. The van der Waals surface area contributed by atoms with Crippen LogP contribution in [0.25, 0.3) is 0 Å². The highest BCUT2D eigenvalue weighted by atomic mass is 16.3. The summed E-state index contributed by atoms with van der Waals surface area (Å²) in [6.07, 6.45) is 0.323. The molecule has 1 aromatic heterocycles. The van der Waals surface area contributed by atoms with Crippen LogP contribution in [-0.4, -0.2) is 16.2 Å². The van der Waals surface area contributed by atoms with Crippen LogP contribution >= 0.6 is 0 Å². The molecule has 0 spiro atoms. The first kappa shape index (κ1) is 11.2. The zero-order chi connectivity index (χ0) is 12.5. The van der Waals surface area contributed by atoms with Crippen LogP contribution in [0.1, 0.15) is 22.9 Å². The van der Waals surface area contributed by atoms with E-state index in [2.05, 4.69) is 22.4 Å². The summed E-state index contributed by atoms with van der Waals surface area (Å²) in [6, 6.07) is 14.0. The molecule has 2 atom stereocenters. The minimum absolute atomic E-state index is 0.0597. The molecule has 0 saturated carbocycles. The number of hydrogen-bond acceptors (Lipinski definition) is 3. The van der Waals surface area contributed by atoms with Crippen LogP contribution in [-0.2, 0) is 6.42 Å². The van der Waals surface area contributed by atoms with E-state index in [1.54, 1.807) is 0 Å². The van der Waals surface area contributed by atoms with Crippen LogP contribution < -0.4 is 5.32 Å². The Bertz CT molecular complexity index is 568. The zero-order valence-corrected chi connectivity index (χ0v) is 10.3. The van der Waals surface area contributed by atoms with Gasteiger partial charge in [0, 0.05) is 12.1 Å². The van der Waals surface area contributed by atoms with Crippen LogP contribution in [0.4, 0.5) is 5.82 Å². The van der Waals surface area contributed by atoms with Gasteiger partial charge in [-0.1, -0.05) is 30.3 Å². The van der Waals surface area contributed by atoms with Gasteiger partial charge in [-0.15, -0.1) is 0 Å². The molecule has 18 heavy (non-hydrogen) atoms. The summed E-state index contributed by atoms with van der Waals surface area (Å²) in [7, 11) is 0. The number of aliphatic hydroxyl groups excluding tert-OH is 1. The SMILES string of the molecule is Cc1cccc(NC2c3ccccc3CC2O)n1. The van der Waals surface area contributed by atoms with Crippen molar-refractivity contribution in [3.8, 4) is 0 Å². The van der Waals surface area contributed by atoms with E-state index in [-0.39, 0.29) is 12.1 Å². The normalized spacial score (nSPS) is 21.7. The first-order chi connectivity index (χ1) is 8.74. The molecular weight excluding hydrogens is 224 g/mol. The average Bonchev–Trinajstić information content (AvgIpc) is 2.66. The number of rotatable bonds is 2. The summed E-state index contributed by atoms with van der Waals surface area (Å²) >= 11 is 0. The molecule has 0 aliphatic heterocycles. The van der Waals surface area contributed by atoms with E-state index < -0.39 is 0 Å². The molecule has 1 heterocycles. The number of anilines is 1. The molecule has 3 nitrogen and oxygen atoms in total. The van der Waals surface area contributed by atoms with Gasteiger partial charge in [-0.05, 0) is 30.2 Å². The summed E-state index contributed by atoms with van der Waals surface area (Å²) in [5, 5.41) is 13.5. The number of aliphatic hydroxyl groups is 1. The van der Waals surface area contributed by atoms with Crippen molar-refractivity contribution in [3.05, 3.63) is 59.3 Å². The largest absolute Gasteiger partial charge is 0.390 e. The van der Waals surface area contributed by atoms with Gasteiger partial charge in [0.2, 0.25) is 0 Å². The monoisotopic (exact) mass is 240 g/mol. The quantitative estimate of drug-likeness (QED) is 0.847. The molecule has 2 N–H and O–H groups in total. The smallest absolute Gasteiger partial charge is 0.126 e. The van der Waals surface area contributed by atoms with Gasteiger partial charge in [0.25, 0.3) is 0 Å². The van der Waals surface area contributed by atoms with Gasteiger partial charge in [-0.2, -0.15) is 0 Å². The number of benzene rings is 1. The molecule has 1 aliphatic carbocycles. The van der Waals surface area contributed by atoms with Crippen molar-refractivity contribution in [2.75, 3.05) is 5.32 Å². The highest BCUT2D eigenvalue weighted by molar-refractivity contribution is 5.45. The summed E-state index contributed by atoms with van der Waals surface area (Å²) in [5.74, 6) is 0.816. The van der Waals surface area contributed by atoms with Crippen LogP contribution in [0.15, 0.2) is 42.5 Å². The summed E-state index contributed by atoms with van der Waals surface area (Å²) in [4.78, 5) is 4.42. The standard InChI is InChI=1S/C15H16N2O/c1-10-5-4-8-14(16-10)17-15-12-7-3-2-6-11(12)9-13(15)18/h2-8,13,15,18H,9H2,1H3,(H,16,17). The minimum atomic E-state index is -0.385. The second-order valence-corrected chi connectivity index (χ2v) is 4.76. The number of nitrogens with zero attached hydrogens (tertiary/aromatic N) is 1. The fourth-order valence-corrected chi connectivity index (χ4v) is 2.53. The maximum absolute atomic E-state index is 10.2. The number of aryl methyl sites for hydroxylation is 1. The van der Waals surface area contributed by atoms with E-state index >= 15 is 0 Å². The highest BCUT2D eigenvalue weighted by Gasteiger charge is 2.30. The van der Waals surface area contributed by atoms with Gasteiger partial charge in [-0.25, -0.2) is 4.98 Å². The first-order valence-electron chi connectivity index (χ1n) is 6.20. The second kappa shape index (κ2) is 4.42. The fraction of sp³-hybridized carbons (Fsp3) is 0.267. The number of fused-ring (bicyclic) bond motifs is 1. The van der Waals surface area contributed by atoms with E-state index in [9.17, 15) is 5.11 Å². The van der Waals surface area contributed by atoms with Crippen LogP contribution in [0.5, 0.6) is 0 Å². The van der Waals surface area contributed by atoms with Crippen molar-refractivity contribution in [2.24, 2.45) is 0 Å². The Hall–Kier alpha value is -1.87. The Morgan fingerprint density at radius 3 is 2.83 bits per heavy atom. The van der Waals surface area contributed by atoms with Crippen LogP contribution in [0.3, 0.4) is 0 Å². The van der Waals surface area contributed by atoms with Crippen molar-refractivity contribution < 1.29 is 5.11 Å². The predicted octanol–water partition coefficient (Wildman–Crippen LogP) is 2.46. The molecule has 0 bridgehead atoms. The summed E-state index contributed by atoms with van der Waals surface area (Å²) in [5.41, 5.74) is 3.37. The maximum Gasteiger partial charge on any atom is 0.126 e. The lowest BCUT2D eigenvalue weighted by atomic mass is 10.1. The third-order valence-corrected chi connectivity index (χ3v) is 3.40. The number of pyridine rings is 1. The molecule has 1 aliphatic rings. The van der Waals surface area contributed by atoms with E-state index in [4.69, 9.17) is 0 Å². The van der Waals surface area contributed by atoms with Crippen molar-refractivity contribution in [1.29, 1.82) is 0 Å². The number of nitrogens with one attached hydrogen (secondary N) is 1. The van der Waals surface area contributed by atoms with Crippen molar-refractivity contribution in [2.45, 2.75) is 25.5 Å². The molecule has 0 amide bonds. The molecule has 3 rings (SSSR count). The van der Waals surface area contributed by atoms with Crippen molar-refractivity contribution in [3.63, 3.8) is 0 Å². The van der Waals surface area contributed by atoms with E-state index in [1.165, 1.54) is 11.1 Å². The van der Waals surface area contributed by atoms with Crippen molar-refractivity contribution >= 4 is 5.82 Å². The van der Waals surface area contributed by atoms with Crippen LogP contribution in [0.2, 0.25) is 0 Å². The van der Waals surface area contributed by atoms with Gasteiger partial charge in [-0.3, -0.25) is 0 Å². The molecule has 0 fully saturated rings. The van der Waals surface area contributed by atoms with Crippen molar-refractivity contribution in [1.82, 2.24) is 4.98 Å². The Labute approximate surface area is 107 Å². The average molecular weight is 240 g/mol. The maximum atomic E-state index is 10.2. The molecule has 0 radical (unpaired) electrons. The Morgan fingerprint density at radius 1 is 1.17 bits per heavy atom. The molecule has 92 valence electrons. The third kappa shape index (κ3) is 1.97. The van der Waals surface area contributed by atoms with Gasteiger partial charge in [0.15, 0.2) is 0 Å². The molecule has 3 heteroatoms. The van der Waals surface area contributed by atoms with Gasteiger partial charge in [0.05, 0.1) is 12.1 Å². The lowest BCUT2D eigenvalue weighted by Crippen LogP contribution is -2.21. The Kier molecular flexibility index (Phi) is 2.76. The molecular formula is C15H16N2O. The van der Waals surface area contributed by atoms with Gasteiger partial charge in [0.1, 0.15) is 5.82 Å². The van der Waals surface area contributed by atoms with Crippen LogP contribution in [0, 0.1) is 6.92 Å². The molecule has 2 unspecified atom stereocenters. The van der Waals surface area contributed by atoms with Gasteiger partial charge >= 0.3 is 0 Å². The topological polar surface area (TPSA) is 45.1 Å². The van der Waals surface area contributed by atoms with E-state index in [1.807, 2.05) is 37.3 Å². The number of hydrogen-bond donors (Lipinski definition) is 2. The molecule has 2 aromatic rings. The Balaban J connectivity index is 1.89. The molecule has 1 aromatic carbocycles. The van der Waals surface area contributed by atoms with Gasteiger partial charge < -0.3 is 10.4 Å². The van der Waals surface area contributed by atoms with E-state index in [0.29, 0.717) is 6.42 Å². The highest BCUT2D eigenvalue weighted by Crippen LogP contribution is 2.33. The fourth-order valence-electron chi connectivity index (χ4n) is 2.53. The van der Waals surface area contributed by atoms with E-state index in [0.717, 1.165) is 11.5 Å². The Morgan fingerprint density at radius 2 is 2.00 bits per heavy atom. The first-order valence-corrected chi connectivity index (χ1v) is 6.20. The second-order valence-electron chi connectivity index (χ2n) is 4.76. The lowest BCUT2D eigenvalue weighted by Gasteiger charge is -2.18. The minimum Gasteiger partial charge on any atom is -0.390 e. The lowest BCUT2D eigenvalue weighted by molar-refractivity contribution is 0.165.